The molecule has 0 atom stereocenters. The van der Waals surface area contributed by atoms with Gasteiger partial charge in [0.25, 0.3) is 0 Å². The molecule has 1 amide bonds. The van der Waals surface area contributed by atoms with Crippen molar-refractivity contribution < 1.29 is 9.53 Å². The predicted octanol–water partition coefficient (Wildman–Crippen LogP) is 1.20. The molecule has 0 unspecified atom stereocenters. The Hall–Kier alpha value is -2.37. The van der Waals surface area contributed by atoms with Gasteiger partial charge in [-0.25, -0.2) is 4.98 Å². The summed E-state index contributed by atoms with van der Waals surface area (Å²) in [5.74, 6) is 1.36. The third-order valence-corrected chi connectivity index (χ3v) is 2.60. The molecule has 0 aliphatic heterocycles. The predicted molar refractivity (Wildman–Crippen MR) is 69.5 cm³/mol. The van der Waals surface area contributed by atoms with Gasteiger partial charge in [0, 0.05) is 0 Å². The van der Waals surface area contributed by atoms with Crippen molar-refractivity contribution in [2.24, 2.45) is 0 Å². The second-order valence-electron chi connectivity index (χ2n) is 4.07. The fraction of sp³-hybridized carbons (Fsp3) is 0.308. The molecule has 0 spiro atoms. The maximum atomic E-state index is 11.6. The Balaban J connectivity index is 1.68. The summed E-state index contributed by atoms with van der Waals surface area (Å²) < 4.78 is 5.55. The van der Waals surface area contributed by atoms with Gasteiger partial charge in [0.1, 0.15) is 17.9 Å². The third kappa shape index (κ3) is 4.09. The van der Waals surface area contributed by atoms with Crippen molar-refractivity contribution in [3.63, 3.8) is 0 Å². The molecule has 1 aromatic carbocycles. The molecule has 6 heteroatoms. The number of hydrogen-bond donors (Lipinski definition) is 2. The van der Waals surface area contributed by atoms with Gasteiger partial charge in [-0.05, 0) is 18.6 Å². The van der Waals surface area contributed by atoms with E-state index in [1.54, 1.807) is 0 Å². The van der Waals surface area contributed by atoms with Crippen molar-refractivity contribution in [1.82, 2.24) is 20.5 Å². The number of carbonyl (C=O) groups is 1. The summed E-state index contributed by atoms with van der Waals surface area (Å²) >= 11 is 0. The molecule has 1 heterocycles. The number of H-pyrrole nitrogens is 1. The lowest BCUT2D eigenvalue weighted by molar-refractivity contribution is -0.121. The molecular weight excluding hydrogens is 244 g/mol. The molecule has 0 saturated heterocycles. The van der Waals surface area contributed by atoms with E-state index in [2.05, 4.69) is 20.5 Å². The molecule has 2 N–H and O–H groups in total. The van der Waals surface area contributed by atoms with Crippen molar-refractivity contribution in [1.29, 1.82) is 0 Å². The van der Waals surface area contributed by atoms with Crippen LogP contribution in [0.3, 0.4) is 0 Å². The van der Waals surface area contributed by atoms with Gasteiger partial charge in [0.05, 0.1) is 19.6 Å². The minimum absolute atomic E-state index is 0.0787. The minimum atomic E-state index is -0.0787. The summed E-state index contributed by atoms with van der Waals surface area (Å²) in [6, 6.07) is 7.72. The van der Waals surface area contributed by atoms with Crippen LogP contribution in [0, 0.1) is 6.92 Å². The summed E-state index contributed by atoms with van der Waals surface area (Å²) in [6.45, 7) is 2.68. The molecule has 0 saturated carbocycles. The second-order valence-corrected chi connectivity index (χ2v) is 4.07. The van der Waals surface area contributed by atoms with E-state index in [9.17, 15) is 4.79 Å². The lowest BCUT2D eigenvalue weighted by atomic mass is 10.2. The van der Waals surface area contributed by atoms with E-state index < -0.39 is 0 Å². The number of carbonyl (C=O) groups excluding carboxylic acids is 1. The third-order valence-electron chi connectivity index (χ3n) is 2.60. The first-order valence-corrected chi connectivity index (χ1v) is 6.05. The Morgan fingerprint density at radius 3 is 3.00 bits per heavy atom. The molecule has 1 aromatic heterocycles. The standard InChI is InChI=1S/C13H16N4O2/c1-10-4-2-3-5-11(10)19-7-6-13(18)14-8-12-15-9-16-17-12/h2-5,9H,6-8H2,1H3,(H,14,18)(H,15,16,17). The molecule has 6 nitrogen and oxygen atoms in total. The molecular formula is C13H16N4O2. The Morgan fingerprint density at radius 1 is 1.42 bits per heavy atom. The first kappa shape index (κ1) is 13.1. The number of para-hydroxylation sites is 1. The normalized spacial score (nSPS) is 10.2. The highest BCUT2D eigenvalue weighted by atomic mass is 16.5. The van der Waals surface area contributed by atoms with Crippen molar-refractivity contribution >= 4 is 5.91 Å². The summed E-state index contributed by atoms with van der Waals surface area (Å²) in [6.07, 6.45) is 1.71. The number of ether oxygens (including phenoxy) is 1. The summed E-state index contributed by atoms with van der Waals surface area (Å²) in [7, 11) is 0. The van der Waals surface area contributed by atoms with Gasteiger partial charge < -0.3 is 10.1 Å². The van der Waals surface area contributed by atoms with Crippen LogP contribution in [0.25, 0.3) is 0 Å². The van der Waals surface area contributed by atoms with Crippen LogP contribution in [0.4, 0.5) is 0 Å². The number of aromatic nitrogens is 3. The molecule has 0 aliphatic rings. The number of rotatable bonds is 6. The van der Waals surface area contributed by atoms with Crippen LogP contribution in [0.2, 0.25) is 0 Å². The molecule has 0 radical (unpaired) electrons. The van der Waals surface area contributed by atoms with Gasteiger partial charge in [0.15, 0.2) is 0 Å². The van der Waals surface area contributed by atoms with Crippen LogP contribution in [0.5, 0.6) is 5.75 Å². The highest BCUT2D eigenvalue weighted by Crippen LogP contribution is 2.15. The van der Waals surface area contributed by atoms with Crippen molar-refractivity contribution in [2.75, 3.05) is 6.61 Å². The first-order chi connectivity index (χ1) is 9.25. The number of nitrogens with one attached hydrogen (secondary N) is 2. The van der Waals surface area contributed by atoms with Crippen molar-refractivity contribution in [3.05, 3.63) is 42.0 Å². The fourth-order valence-corrected chi connectivity index (χ4v) is 1.56. The van der Waals surface area contributed by atoms with E-state index in [0.29, 0.717) is 25.4 Å². The van der Waals surface area contributed by atoms with Gasteiger partial charge >= 0.3 is 0 Å². The van der Waals surface area contributed by atoms with Crippen LogP contribution in [0.1, 0.15) is 17.8 Å². The van der Waals surface area contributed by atoms with Crippen molar-refractivity contribution in [2.45, 2.75) is 19.9 Å². The van der Waals surface area contributed by atoms with E-state index in [-0.39, 0.29) is 5.91 Å². The topological polar surface area (TPSA) is 79.9 Å². The zero-order valence-corrected chi connectivity index (χ0v) is 10.7. The van der Waals surface area contributed by atoms with Crippen LogP contribution >= 0.6 is 0 Å². The van der Waals surface area contributed by atoms with Gasteiger partial charge in [0.2, 0.25) is 5.91 Å². The second kappa shape index (κ2) is 6.53. The molecule has 2 aromatic rings. The maximum absolute atomic E-state index is 11.6. The zero-order valence-electron chi connectivity index (χ0n) is 10.7. The maximum Gasteiger partial charge on any atom is 0.223 e. The summed E-state index contributed by atoms with van der Waals surface area (Å²) in [5.41, 5.74) is 1.06. The number of hydrogen-bond acceptors (Lipinski definition) is 4. The van der Waals surface area contributed by atoms with E-state index in [1.165, 1.54) is 6.33 Å². The van der Waals surface area contributed by atoms with E-state index in [4.69, 9.17) is 4.74 Å². The Bertz CT molecular complexity index is 525. The van der Waals surface area contributed by atoms with Crippen LogP contribution in [-0.2, 0) is 11.3 Å². The highest BCUT2D eigenvalue weighted by molar-refractivity contribution is 5.75. The van der Waals surface area contributed by atoms with Gasteiger partial charge in [-0.2, -0.15) is 5.10 Å². The molecule has 0 bridgehead atoms. The van der Waals surface area contributed by atoms with E-state index in [0.717, 1.165) is 11.3 Å². The largest absolute Gasteiger partial charge is 0.493 e. The summed E-state index contributed by atoms with van der Waals surface area (Å²) in [4.78, 5) is 15.5. The Kier molecular flexibility index (Phi) is 4.49. The average Bonchev–Trinajstić information content (AvgIpc) is 2.92. The molecule has 0 fully saturated rings. The van der Waals surface area contributed by atoms with Crippen LogP contribution in [0.15, 0.2) is 30.6 Å². The average molecular weight is 260 g/mol. The number of aryl methyl sites for hydroxylation is 1. The molecule has 0 aliphatic carbocycles. The van der Waals surface area contributed by atoms with E-state index in [1.807, 2.05) is 31.2 Å². The number of aromatic amines is 1. The SMILES string of the molecule is Cc1ccccc1OCCC(=O)NCc1ncn[nH]1. The minimum Gasteiger partial charge on any atom is -0.493 e. The number of nitrogens with zero attached hydrogens (tertiary/aromatic N) is 2. The number of benzene rings is 1. The van der Waals surface area contributed by atoms with Gasteiger partial charge in [-0.15, -0.1) is 0 Å². The Morgan fingerprint density at radius 2 is 2.26 bits per heavy atom. The van der Waals surface area contributed by atoms with Gasteiger partial charge in [-0.1, -0.05) is 18.2 Å². The van der Waals surface area contributed by atoms with E-state index >= 15 is 0 Å². The Labute approximate surface area is 111 Å². The van der Waals surface area contributed by atoms with Crippen LogP contribution in [-0.4, -0.2) is 27.7 Å². The molecule has 19 heavy (non-hydrogen) atoms. The first-order valence-electron chi connectivity index (χ1n) is 6.05. The van der Waals surface area contributed by atoms with Crippen molar-refractivity contribution in [3.8, 4) is 5.75 Å². The lowest BCUT2D eigenvalue weighted by Gasteiger charge is -2.08. The summed E-state index contributed by atoms with van der Waals surface area (Å²) in [5, 5.41) is 9.11. The smallest absolute Gasteiger partial charge is 0.223 e. The van der Waals surface area contributed by atoms with Crippen LogP contribution < -0.4 is 10.1 Å². The molecule has 100 valence electrons. The lowest BCUT2D eigenvalue weighted by Crippen LogP contribution is -2.25. The number of amides is 1. The quantitative estimate of drug-likeness (QED) is 0.817. The highest BCUT2D eigenvalue weighted by Gasteiger charge is 2.04. The fourth-order valence-electron chi connectivity index (χ4n) is 1.56. The monoisotopic (exact) mass is 260 g/mol. The molecule has 2 rings (SSSR count). The van der Waals surface area contributed by atoms with Gasteiger partial charge in [-0.3, -0.25) is 9.89 Å². The zero-order chi connectivity index (χ0) is 13.5.